The van der Waals surface area contributed by atoms with Gasteiger partial charge in [-0.25, -0.2) is 4.99 Å². The summed E-state index contributed by atoms with van der Waals surface area (Å²) in [6, 6.07) is 10.00. The number of aryl methyl sites for hydroxylation is 1. The zero-order valence-electron chi connectivity index (χ0n) is 13.0. The number of rotatable bonds is 5. The zero-order chi connectivity index (χ0) is 17.5. The van der Waals surface area contributed by atoms with Crippen molar-refractivity contribution in [2.24, 2.45) is 15.2 Å². The molecule has 0 bridgehead atoms. The number of furan rings is 1. The highest BCUT2D eigenvalue weighted by atomic mass is 16.6. The van der Waals surface area contributed by atoms with E-state index in [1.54, 1.807) is 19.1 Å². The van der Waals surface area contributed by atoms with E-state index in [9.17, 15) is 15.3 Å². The maximum atomic E-state index is 10.5. The number of hydrogen-bond acceptors (Lipinski definition) is 7. The molecule has 24 heavy (non-hydrogen) atoms. The molecule has 2 N–H and O–H groups in total. The Kier molecular flexibility index (Phi) is 5.53. The maximum Gasteiger partial charge on any atom is 0.433 e. The molecule has 1 heterocycles. The van der Waals surface area contributed by atoms with Crippen LogP contribution in [0.4, 0.5) is 11.6 Å². The van der Waals surface area contributed by atoms with E-state index >= 15 is 0 Å². The fourth-order valence-electron chi connectivity index (χ4n) is 1.66. The lowest BCUT2D eigenvalue weighted by molar-refractivity contribution is -0.402. The van der Waals surface area contributed by atoms with Gasteiger partial charge >= 0.3 is 5.88 Å². The van der Waals surface area contributed by atoms with E-state index in [-0.39, 0.29) is 17.5 Å². The van der Waals surface area contributed by atoms with Crippen LogP contribution in [0.1, 0.15) is 18.2 Å². The second kappa shape index (κ2) is 7.79. The van der Waals surface area contributed by atoms with E-state index in [1.165, 1.54) is 18.3 Å². The fraction of sp³-hybridized carbons (Fsp3) is 0.133. The van der Waals surface area contributed by atoms with Crippen molar-refractivity contribution < 1.29 is 14.5 Å². The molecule has 0 saturated heterocycles. The average Bonchev–Trinajstić information content (AvgIpc) is 3.03. The number of nitrogens with one attached hydrogen (secondary N) is 1. The van der Waals surface area contributed by atoms with Crippen molar-refractivity contribution in [1.82, 2.24) is 5.48 Å². The molecule has 0 atom stereocenters. The van der Waals surface area contributed by atoms with Crippen molar-refractivity contribution in [2.45, 2.75) is 13.8 Å². The minimum absolute atomic E-state index is 0.126. The molecule has 0 saturated carbocycles. The molecule has 2 aromatic rings. The molecule has 0 unspecified atom stereocenters. The second-order valence-electron chi connectivity index (χ2n) is 4.77. The Morgan fingerprint density at radius 2 is 2.00 bits per heavy atom. The molecular formula is C15H15N5O4. The molecule has 9 heteroatoms. The fourth-order valence-corrected chi connectivity index (χ4v) is 1.66. The molecule has 0 amide bonds. The number of aliphatic imine (C=N–C) groups is 1. The van der Waals surface area contributed by atoms with E-state index < -0.39 is 4.92 Å². The highest BCUT2D eigenvalue weighted by Crippen LogP contribution is 2.14. The quantitative estimate of drug-likeness (QED) is 0.377. The zero-order valence-corrected chi connectivity index (χ0v) is 13.0. The summed E-state index contributed by atoms with van der Waals surface area (Å²) in [5.74, 6) is -0.0653. The van der Waals surface area contributed by atoms with E-state index in [2.05, 4.69) is 15.2 Å². The first-order valence-electron chi connectivity index (χ1n) is 6.87. The number of amidine groups is 1. The van der Waals surface area contributed by atoms with Gasteiger partial charge in [-0.15, -0.1) is 0 Å². The lowest BCUT2D eigenvalue weighted by atomic mass is 10.2. The normalized spacial score (nSPS) is 12.6. The molecule has 0 fully saturated rings. The SMILES string of the molecule is C/C(=N\N=C\c1ccc([N+](=O)[O-])o1)C(=Nc1ccc(C)cc1)NO. The number of benzene rings is 1. The summed E-state index contributed by atoms with van der Waals surface area (Å²) in [7, 11) is 0. The molecule has 9 nitrogen and oxygen atoms in total. The summed E-state index contributed by atoms with van der Waals surface area (Å²) >= 11 is 0. The Morgan fingerprint density at radius 3 is 2.58 bits per heavy atom. The van der Waals surface area contributed by atoms with Crippen LogP contribution in [0.2, 0.25) is 0 Å². The third-order valence-corrected chi connectivity index (χ3v) is 2.91. The summed E-state index contributed by atoms with van der Waals surface area (Å²) < 4.78 is 4.91. The Labute approximate surface area is 137 Å². The van der Waals surface area contributed by atoms with Crippen LogP contribution in [0.25, 0.3) is 0 Å². The largest absolute Gasteiger partial charge is 0.433 e. The van der Waals surface area contributed by atoms with Crippen molar-refractivity contribution in [3.63, 3.8) is 0 Å². The van der Waals surface area contributed by atoms with E-state index in [0.717, 1.165) is 5.56 Å². The van der Waals surface area contributed by atoms with Gasteiger partial charge in [0.25, 0.3) is 0 Å². The highest BCUT2D eigenvalue weighted by molar-refractivity contribution is 6.40. The second-order valence-corrected chi connectivity index (χ2v) is 4.77. The van der Waals surface area contributed by atoms with Crippen LogP contribution in [0, 0.1) is 17.0 Å². The van der Waals surface area contributed by atoms with Gasteiger partial charge in [0, 0.05) is 0 Å². The Hall–Kier alpha value is -3.33. The van der Waals surface area contributed by atoms with Crippen molar-refractivity contribution >= 4 is 29.3 Å². The first-order valence-corrected chi connectivity index (χ1v) is 6.87. The highest BCUT2D eigenvalue weighted by Gasteiger charge is 2.10. The molecule has 1 aromatic heterocycles. The smallest absolute Gasteiger partial charge is 0.400 e. The molecule has 0 aliphatic heterocycles. The lowest BCUT2D eigenvalue weighted by Crippen LogP contribution is -2.26. The first-order chi connectivity index (χ1) is 11.5. The summed E-state index contributed by atoms with van der Waals surface area (Å²) in [6.45, 7) is 3.55. The minimum Gasteiger partial charge on any atom is -0.400 e. The Bertz CT molecular complexity index is 806. The van der Waals surface area contributed by atoms with Crippen LogP contribution in [0.15, 0.2) is 56.0 Å². The van der Waals surface area contributed by atoms with Gasteiger partial charge < -0.3 is 4.42 Å². The average molecular weight is 329 g/mol. The van der Waals surface area contributed by atoms with Crippen LogP contribution in [0.5, 0.6) is 0 Å². The van der Waals surface area contributed by atoms with Gasteiger partial charge in [0.15, 0.2) is 11.6 Å². The van der Waals surface area contributed by atoms with Gasteiger partial charge in [0.1, 0.15) is 10.6 Å². The van der Waals surface area contributed by atoms with Crippen molar-refractivity contribution in [3.05, 3.63) is 57.8 Å². The molecule has 0 radical (unpaired) electrons. The Morgan fingerprint density at radius 1 is 1.29 bits per heavy atom. The number of nitrogens with zero attached hydrogens (tertiary/aromatic N) is 4. The van der Waals surface area contributed by atoms with Crippen LogP contribution in [0.3, 0.4) is 0 Å². The number of hydrogen-bond donors (Lipinski definition) is 2. The predicted molar refractivity (Wildman–Crippen MR) is 89.3 cm³/mol. The van der Waals surface area contributed by atoms with Crippen LogP contribution in [-0.4, -0.2) is 27.9 Å². The standard InChI is InChI=1S/C15H15N5O4/c1-10-3-5-12(6-4-10)17-15(19-21)11(2)18-16-9-13-7-8-14(24-13)20(22)23/h3-9,21H,1-2H3,(H,17,19)/b16-9+,18-11+. The van der Waals surface area contributed by atoms with Gasteiger partial charge in [-0.05, 0) is 32.0 Å². The monoisotopic (exact) mass is 329 g/mol. The van der Waals surface area contributed by atoms with E-state index in [4.69, 9.17) is 4.42 Å². The molecule has 2 rings (SSSR count). The molecule has 124 valence electrons. The van der Waals surface area contributed by atoms with Crippen LogP contribution < -0.4 is 5.48 Å². The summed E-state index contributed by atoms with van der Waals surface area (Å²) in [5.41, 5.74) is 4.01. The molecular weight excluding hydrogens is 314 g/mol. The molecule has 1 aromatic carbocycles. The summed E-state index contributed by atoms with van der Waals surface area (Å²) in [5, 5.41) is 27.3. The minimum atomic E-state index is -0.645. The Balaban J connectivity index is 2.13. The topological polar surface area (TPSA) is 126 Å². The van der Waals surface area contributed by atoms with Gasteiger partial charge in [0.2, 0.25) is 0 Å². The number of nitro groups is 1. The van der Waals surface area contributed by atoms with E-state index in [0.29, 0.717) is 11.4 Å². The maximum absolute atomic E-state index is 10.5. The van der Waals surface area contributed by atoms with Crippen molar-refractivity contribution in [3.8, 4) is 0 Å². The molecule has 0 aliphatic carbocycles. The summed E-state index contributed by atoms with van der Waals surface area (Å²) in [6.07, 6.45) is 1.22. The van der Waals surface area contributed by atoms with Crippen molar-refractivity contribution in [1.29, 1.82) is 0 Å². The van der Waals surface area contributed by atoms with Gasteiger partial charge in [-0.2, -0.15) is 10.2 Å². The lowest BCUT2D eigenvalue weighted by Gasteiger charge is -2.03. The third kappa shape index (κ3) is 4.58. The van der Waals surface area contributed by atoms with Crippen LogP contribution in [-0.2, 0) is 0 Å². The van der Waals surface area contributed by atoms with Gasteiger partial charge in [-0.3, -0.25) is 20.8 Å². The van der Waals surface area contributed by atoms with Gasteiger partial charge in [-0.1, -0.05) is 17.7 Å². The first kappa shape index (κ1) is 17.0. The summed E-state index contributed by atoms with van der Waals surface area (Å²) in [4.78, 5) is 14.1. The number of hydroxylamine groups is 1. The van der Waals surface area contributed by atoms with Crippen molar-refractivity contribution in [2.75, 3.05) is 0 Å². The predicted octanol–water partition coefficient (Wildman–Crippen LogP) is 3.00. The molecule has 0 aliphatic rings. The van der Waals surface area contributed by atoms with Crippen LogP contribution >= 0.6 is 0 Å². The third-order valence-electron chi connectivity index (χ3n) is 2.91. The van der Waals surface area contributed by atoms with E-state index in [1.807, 2.05) is 24.5 Å². The molecule has 0 spiro atoms. The van der Waals surface area contributed by atoms with Gasteiger partial charge in [0.05, 0.1) is 18.0 Å².